The number of likely N-dealkylation sites (N-methyl/N-ethyl adjacent to an activating group) is 1. The number of benzene rings is 1. The first-order chi connectivity index (χ1) is 7.80. The van der Waals surface area contributed by atoms with E-state index >= 15 is 0 Å². The summed E-state index contributed by atoms with van der Waals surface area (Å²) in [5.41, 5.74) is 6.10. The Morgan fingerprint density at radius 1 is 1.35 bits per heavy atom. The van der Waals surface area contributed by atoms with Gasteiger partial charge in [0, 0.05) is 18.8 Å². The Balaban J connectivity index is 2.73. The van der Waals surface area contributed by atoms with Gasteiger partial charge < -0.3 is 10.8 Å². The van der Waals surface area contributed by atoms with Crippen LogP contribution in [0, 0.1) is 5.82 Å². The largest absolute Gasteiger partial charge is 0.399 e. The molecule has 0 heterocycles. The van der Waals surface area contributed by atoms with Crippen LogP contribution in [0.2, 0.25) is 0 Å². The summed E-state index contributed by atoms with van der Waals surface area (Å²) in [7, 11) is 0. The van der Waals surface area contributed by atoms with Gasteiger partial charge in [-0.25, -0.2) is 4.39 Å². The third kappa shape index (κ3) is 5.15. The zero-order chi connectivity index (χ0) is 13.1. The van der Waals surface area contributed by atoms with Gasteiger partial charge in [0.05, 0.1) is 5.60 Å². The molecular formula is C13H21FN2O. The molecule has 0 radical (unpaired) electrons. The van der Waals surface area contributed by atoms with E-state index < -0.39 is 5.60 Å². The van der Waals surface area contributed by atoms with Gasteiger partial charge in [0.1, 0.15) is 5.82 Å². The van der Waals surface area contributed by atoms with Gasteiger partial charge in [0.25, 0.3) is 0 Å². The van der Waals surface area contributed by atoms with E-state index in [1.807, 2.05) is 11.8 Å². The summed E-state index contributed by atoms with van der Waals surface area (Å²) in [4.78, 5) is 2.05. The Morgan fingerprint density at radius 2 is 2.00 bits per heavy atom. The Bertz CT molecular complexity index is 354. The lowest BCUT2D eigenvalue weighted by Crippen LogP contribution is -2.38. The van der Waals surface area contributed by atoms with E-state index in [-0.39, 0.29) is 5.82 Å². The van der Waals surface area contributed by atoms with Gasteiger partial charge in [0.15, 0.2) is 0 Å². The van der Waals surface area contributed by atoms with Gasteiger partial charge in [-0.3, -0.25) is 4.90 Å². The molecule has 0 aliphatic carbocycles. The second-order valence-electron chi connectivity index (χ2n) is 5.01. The lowest BCUT2D eigenvalue weighted by Gasteiger charge is -2.28. The van der Waals surface area contributed by atoms with Crippen molar-refractivity contribution in [2.75, 3.05) is 18.8 Å². The van der Waals surface area contributed by atoms with Crippen molar-refractivity contribution < 1.29 is 9.50 Å². The third-order valence-electron chi connectivity index (χ3n) is 2.44. The minimum atomic E-state index is -0.755. The summed E-state index contributed by atoms with van der Waals surface area (Å²) in [6.07, 6.45) is 0. The van der Waals surface area contributed by atoms with E-state index in [9.17, 15) is 9.50 Å². The van der Waals surface area contributed by atoms with Crippen molar-refractivity contribution in [3.05, 3.63) is 29.6 Å². The second kappa shape index (κ2) is 5.47. The van der Waals surface area contributed by atoms with E-state index in [2.05, 4.69) is 0 Å². The molecule has 0 saturated carbocycles. The van der Waals surface area contributed by atoms with E-state index in [0.29, 0.717) is 18.8 Å². The molecule has 0 aromatic heterocycles. The minimum absolute atomic E-state index is 0.320. The van der Waals surface area contributed by atoms with Gasteiger partial charge >= 0.3 is 0 Å². The van der Waals surface area contributed by atoms with Crippen LogP contribution in [-0.4, -0.2) is 28.7 Å². The van der Waals surface area contributed by atoms with Crippen LogP contribution in [0.3, 0.4) is 0 Å². The van der Waals surface area contributed by atoms with Crippen molar-refractivity contribution in [1.82, 2.24) is 4.90 Å². The third-order valence-corrected chi connectivity index (χ3v) is 2.44. The first-order valence-electron chi connectivity index (χ1n) is 5.80. The van der Waals surface area contributed by atoms with Gasteiger partial charge in [0.2, 0.25) is 0 Å². The normalized spacial score (nSPS) is 12.1. The van der Waals surface area contributed by atoms with Crippen molar-refractivity contribution >= 4 is 5.69 Å². The molecule has 1 aromatic rings. The van der Waals surface area contributed by atoms with Crippen LogP contribution < -0.4 is 5.73 Å². The molecular weight excluding hydrogens is 219 g/mol. The Kier molecular flexibility index (Phi) is 4.48. The van der Waals surface area contributed by atoms with Crippen molar-refractivity contribution in [2.45, 2.75) is 32.9 Å². The maximum atomic E-state index is 13.2. The average molecular weight is 240 g/mol. The van der Waals surface area contributed by atoms with Gasteiger partial charge in [-0.1, -0.05) is 6.92 Å². The minimum Gasteiger partial charge on any atom is -0.399 e. The molecule has 0 aliphatic heterocycles. The standard InChI is InChI=1S/C13H21FN2O/c1-4-16(9-13(2,3)17)8-10-5-11(14)7-12(15)6-10/h5-7,17H,4,8-9,15H2,1-3H3. The van der Waals surface area contributed by atoms with Crippen molar-refractivity contribution in [1.29, 1.82) is 0 Å². The number of nitrogens with zero attached hydrogens (tertiary/aromatic N) is 1. The van der Waals surface area contributed by atoms with E-state index in [0.717, 1.165) is 12.1 Å². The first kappa shape index (κ1) is 13.9. The Morgan fingerprint density at radius 3 is 2.47 bits per heavy atom. The Labute approximate surface area is 102 Å². The van der Waals surface area contributed by atoms with E-state index in [1.54, 1.807) is 19.9 Å². The molecule has 0 spiro atoms. The number of halogens is 1. The lowest BCUT2D eigenvalue weighted by atomic mass is 10.1. The molecule has 1 rings (SSSR count). The first-order valence-corrected chi connectivity index (χ1v) is 5.80. The lowest BCUT2D eigenvalue weighted by molar-refractivity contribution is 0.0353. The van der Waals surface area contributed by atoms with Crippen LogP contribution in [0.4, 0.5) is 10.1 Å². The van der Waals surface area contributed by atoms with Crippen molar-refractivity contribution in [3.63, 3.8) is 0 Å². The SMILES string of the molecule is CCN(Cc1cc(N)cc(F)c1)CC(C)(C)O. The zero-order valence-electron chi connectivity index (χ0n) is 10.7. The molecule has 1 aromatic carbocycles. The van der Waals surface area contributed by atoms with Gasteiger partial charge in [-0.05, 0) is 44.2 Å². The molecule has 3 N–H and O–H groups in total. The number of hydrogen-bond donors (Lipinski definition) is 2. The molecule has 3 nitrogen and oxygen atoms in total. The summed E-state index contributed by atoms with van der Waals surface area (Å²) in [5, 5.41) is 9.77. The molecule has 0 aliphatic rings. The zero-order valence-corrected chi connectivity index (χ0v) is 10.7. The van der Waals surface area contributed by atoms with Crippen LogP contribution in [0.15, 0.2) is 18.2 Å². The number of nitrogens with two attached hydrogens (primary N) is 1. The summed E-state index contributed by atoms with van der Waals surface area (Å²) in [6, 6.07) is 4.54. The highest BCUT2D eigenvalue weighted by atomic mass is 19.1. The van der Waals surface area contributed by atoms with Crippen molar-refractivity contribution in [2.24, 2.45) is 0 Å². The smallest absolute Gasteiger partial charge is 0.125 e. The molecule has 4 heteroatoms. The topological polar surface area (TPSA) is 49.5 Å². The molecule has 96 valence electrons. The van der Waals surface area contributed by atoms with E-state index in [1.165, 1.54) is 12.1 Å². The van der Waals surface area contributed by atoms with Crippen LogP contribution >= 0.6 is 0 Å². The van der Waals surface area contributed by atoms with Crippen LogP contribution in [0.25, 0.3) is 0 Å². The fraction of sp³-hybridized carbons (Fsp3) is 0.538. The quantitative estimate of drug-likeness (QED) is 0.774. The maximum Gasteiger partial charge on any atom is 0.125 e. The second-order valence-corrected chi connectivity index (χ2v) is 5.01. The number of rotatable bonds is 5. The monoisotopic (exact) mass is 240 g/mol. The predicted octanol–water partition coefficient (Wildman–Crippen LogP) is 2.00. The van der Waals surface area contributed by atoms with Gasteiger partial charge in [-0.15, -0.1) is 0 Å². The molecule has 0 atom stereocenters. The highest BCUT2D eigenvalue weighted by Crippen LogP contribution is 2.14. The summed E-state index contributed by atoms with van der Waals surface area (Å²) < 4.78 is 13.2. The highest BCUT2D eigenvalue weighted by molar-refractivity contribution is 5.41. The summed E-state index contributed by atoms with van der Waals surface area (Å²) in [6.45, 7) is 7.45. The summed E-state index contributed by atoms with van der Waals surface area (Å²) >= 11 is 0. The molecule has 0 fully saturated rings. The fourth-order valence-electron chi connectivity index (χ4n) is 1.85. The van der Waals surface area contributed by atoms with Crippen LogP contribution in [0.5, 0.6) is 0 Å². The van der Waals surface area contributed by atoms with Crippen LogP contribution in [-0.2, 0) is 6.54 Å². The van der Waals surface area contributed by atoms with Crippen molar-refractivity contribution in [3.8, 4) is 0 Å². The number of hydrogen-bond acceptors (Lipinski definition) is 3. The number of anilines is 1. The highest BCUT2D eigenvalue weighted by Gasteiger charge is 2.17. The number of nitrogen functional groups attached to an aromatic ring is 1. The molecule has 17 heavy (non-hydrogen) atoms. The fourth-order valence-corrected chi connectivity index (χ4v) is 1.85. The predicted molar refractivity (Wildman–Crippen MR) is 68.1 cm³/mol. The Hall–Kier alpha value is -1.13. The molecule has 0 amide bonds. The van der Waals surface area contributed by atoms with Gasteiger partial charge in [-0.2, -0.15) is 0 Å². The molecule has 0 saturated heterocycles. The maximum absolute atomic E-state index is 13.2. The average Bonchev–Trinajstić information content (AvgIpc) is 2.12. The van der Waals surface area contributed by atoms with Crippen LogP contribution in [0.1, 0.15) is 26.3 Å². The molecule has 0 unspecified atom stereocenters. The number of aliphatic hydroxyl groups is 1. The molecule has 0 bridgehead atoms. The summed E-state index contributed by atoms with van der Waals surface area (Å²) in [5.74, 6) is -0.320. The van der Waals surface area contributed by atoms with E-state index in [4.69, 9.17) is 5.73 Å².